The Morgan fingerprint density at radius 2 is 2.13 bits per heavy atom. The van der Waals surface area contributed by atoms with E-state index < -0.39 is 6.10 Å². The first-order chi connectivity index (χ1) is 14.9. The number of fused-ring (bicyclic) bond motifs is 1. The van der Waals surface area contributed by atoms with Crippen molar-refractivity contribution in [2.75, 3.05) is 13.1 Å². The molecule has 162 valence electrons. The van der Waals surface area contributed by atoms with E-state index in [1.54, 1.807) is 0 Å². The fourth-order valence-electron chi connectivity index (χ4n) is 4.55. The van der Waals surface area contributed by atoms with Crippen LogP contribution in [0.25, 0.3) is 11.0 Å². The average molecular weight is 418 g/mol. The number of hydrogen-bond acceptors (Lipinski definition) is 5. The third-order valence-electron chi connectivity index (χ3n) is 6.14. The minimum Gasteiger partial charge on any atom is -0.390 e. The third-order valence-corrected chi connectivity index (χ3v) is 6.14. The van der Waals surface area contributed by atoms with Crippen LogP contribution >= 0.6 is 0 Å². The summed E-state index contributed by atoms with van der Waals surface area (Å²) >= 11 is 0. The number of aromatic amines is 1. The summed E-state index contributed by atoms with van der Waals surface area (Å²) in [4.78, 5) is 10.4. The topological polar surface area (TPSA) is 88.0 Å². The maximum absolute atomic E-state index is 11.0. The van der Waals surface area contributed by atoms with Crippen molar-refractivity contribution in [2.45, 2.75) is 57.3 Å². The highest BCUT2D eigenvalue weighted by Crippen LogP contribution is 2.23. The molecule has 1 aromatic heterocycles. The van der Waals surface area contributed by atoms with E-state index in [-0.39, 0.29) is 11.6 Å². The maximum Gasteiger partial charge on any atom is 0.109 e. The van der Waals surface area contributed by atoms with Crippen LogP contribution < -0.4 is 5.32 Å². The lowest BCUT2D eigenvalue weighted by atomic mass is 9.99. The molecule has 0 spiro atoms. The van der Waals surface area contributed by atoms with Gasteiger partial charge in [0.1, 0.15) is 5.82 Å². The number of rotatable bonds is 8. The molecule has 3 N–H and O–H groups in total. The second kappa shape index (κ2) is 9.19. The number of benzene rings is 2. The molecule has 0 bridgehead atoms. The van der Waals surface area contributed by atoms with Gasteiger partial charge >= 0.3 is 0 Å². The molecule has 3 aromatic rings. The molecule has 0 radical (unpaired) electrons. The number of imidazole rings is 1. The molecule has 4 rings (SSSR count). The van der Waals surface area contributed by atoms with Crippen LogP contribution in [-0.2, 0) is 13.0 Å². The highest BCUT2D eigenvalue weighted by atomic mass is 16.3. The van der Waals surface area contributed by atoms with Crippen molar-refractivity contribution in [3.63, 3.8) is 0 Å². The molecule has 1 aliphatic heterocycles. The van der Waals surface area contributed by atoms with Gasteiger partial charge in [0.25, 0.3) is 0 Å². The van der Waals surface area contributed by atoms with E-state index in [1.165, 1.54) is 0 Å². The Bertz CT molecular complexity index is 1030. The standard InChI is InChI=1S/C25H31N5O/c1-25(2,14-24-28-20-9-3-4-10-21(20)29-24)27-16-23(31)22-11-6-12-30(22)17-19-8-5-7-18(13-19)15-26/h3-5,7-10,13,22-23,27,31H,6,11-12,14,16-17H2,1-2H3,(H,28,29)/t22-,23-/m1/s1. The number of aromatic nitrogens is 2. The van der Waals surface area contributed by atoms with E-state index in [0.29, 0.717) is 12.1 Å². The number of β-amino-alcohol motifs (C(OH)–C–C–N with tert-alkyl or cyclic N) is 1. The Balaban J connectivity index is 1.34. The molecule has 0 aliphatic carbocycles. The fourth-order valence-corrected chi connectivity index (χ4v) is 4.55. The number of nitriles is 1. The normalized spacial score (nSPS) is 18.3. The summed E-state index contributed by atoms with van der Waals surface area (Å²) < 4.78 is 0. The van der Waals surface area contributed by atoms with E-state index in [4.69, 9.17) is 5.26 Å². The van der Waals surface area contributed by atoms with E-state index >= 15 is 0 Å². The first kappa shape index (κ1) is 21.5. The predicted octanol–water partition coefficient (Wildman–Crippen LogP) is 3.37. The van der Waals surface area contributed by atoms with Gasteiger partial charge in [-0.25, -0.2) is 4.98 Å². The van der Waals surface area contributed by atoms with Gasteiger partial charge in [0.2, 0.25) is 0 Å². The number of para-hydroxylation sites is 2. The van der Waals surface area contributed by atoms with Gasteiger partial charge in [-0.2, -0.15) is 5.26 Å². The monoisotopic (exact) mass is 417 g/mol. The van der Waals surface area contributed by atoms with Crippen LogP contribution in [0.4, 0.5) is 0 Å². The molecule has 31 heavy (non-hydrogen) atoms. The number of hydrogen-bond donors (Lipinski definition) is 3. The van der Waals surface area contributed by atoms with Gasteiger partial charge in [0, 0.05) is 31.1 Å². The summed E-state index contributed by atoms with van der Waals surface area (Å²) in [5.74, 6) is 0.952. The van der Waals surface area contributed by atoms with E-state index in [9.17, 15) is 5.11 Å². The first-order valence-corrected chi connectivity index (χ1v) is 11.0. The molecule has 6 nitrogen and oxygen atoms in total. The summed E-state index contributed by atoms with van der Waals surface area (Å²) in [6.45, 7) is 6.56. The zero-order valence-electron chi connectivity index (χ0n) is 18.3. The Kier molecular flexibility index (Phi) is 6.38. The van der Waals surface area contributed by atoms with Crippen LogP contribution in [0.15, 0.2) is 48.5 Å². The Labute approximate surface area is 183 Å². The smallest absolute Gasteiger partial charge is 0.109 e. The molecule has 6 heteroatoms. The van der Waals surface area contributed by atoms with Crippen LogP contribution in [-0.4, -0.2) is 50.7 Å². The lowest BCUT2D eigenvalue weighted by Gasteiger charge is -2.32. The van der Waals surface area contributed by atoms with Crippen molar-refractivity contribution in [1.29, 1.82) is 5.26 Å². The van der Waals surface area contributed by atoms with Gasteiger partial charge in [-0.1, -0.05) is 24.3 Å². The van der Waals surface area contributed by atoms with Crippen molar-refractivity contribution < 1.29 is 5.11 Å². The van der Waals surface area contributed by atoms with Crippen molar-refractivity contribution in [3.8, 4) is 6.07 Å². The molecular weight excluding hydrogens is 386 g/mol. The van der Waals surface area contributed by atoms with Crippen LogP contribution in [0.1, 0.15) is 43.6 Å². The third kappa shape index (κ3) is 5.31. The van der Waals surface area contributed by atoms with Crippen molar-refractivity contribution >= 4 is 11.0 Å². The minimum absolute atomic E-state index is 0.125. The minimum atomic E-state index is -0.448. The van der Waals surface area contributed by atoms with Crippen molar-refractivity contribution in [2.24, 2.45) is 0 Å². The van der Waals surface area contributed by atoms with Crippen LogP contribution in [0, 0.1) is 11.3 Å². The molecule has 0 saturated carbocycles. The molecule has 1 saturated heterocycles. The molecule has 2 heterocycles. The zero-order valence-corrected chi connectivity index (χ0v) is 18.3. The van der Waals surface area contributed by atoms with Gasteiger partial charge in [-0.15, -0.1) is 0 Å². The van der Waals surface area contributed by atoms with Crippen LogP contribution in [0.2, 0.25) is 0 Å². The first-order valence-electron chi connectivity index (χ1n) is 11.0. The van der Waals surface area contributed by atoms with E-state index in [2.05, 4.69) is 46.2 Å². The summed E-state index contributed by atoms with van der Waals surface area (Å²) in [6, 6.07) is 18.1. The lowest BCUT2D eigenvalue weighted by Crippen LogP contribution is -2.50. The van der Waals surface area contributed by atoms with Gasteiger partial charge in [0.15, 0.2) is 0 Å². The number of nitrogens with zero attached hydrogens (tertiary/aromatic N) is 3. The number of nitrogens with one attached hydrogen (secondary N) is 2. The van der Waals surface area contributed by atoms with Crippen molar-refractivity contribution in [3.05, 3.63) is 65.5 Å². The number of likely N-dealkylation sites (tertiary alicyclic amines) is 1. The number of aliphatic hydroxyl groups excluding tert-OH is 1. The highest BCUT2D eigenvalue weighted by molar-refractivity contribution is 5.74. The second-order valence-corrected chi connectivity index (χ2v) is 9.20. The number of aliphatic hydroxyl groups is 1. The predicted molar refractivity (Wildman–Crippen MR) is 122 cm³/mol. The van der Waals surface area contributed by atoms with Crippen LogP contribution in [0.3, 0.4) is 0 Å². The Morgan fingerprint density at radius 3 is 2.94 bits per heavy atom. The van der Waals surface area contributed by atoms with Gasteiger partial charge in [-0.3, -0.25) is 4.90 Å². The summed E-state index contributed by atoms with van der Waals surface area (Å²) in [6.07, 6.45) is 2.38. The molecular formula is C25H31N5O. The number of H-pyrrole nitrogens is 1. The molecule has 2 atom stereocenters. The van der Waals surface area contributed by atoms with Crippen molar-refractivity contribution in [1.82, 2.24) is 20.2 Å². The molecule has 2 aromatic carbocycles. The maximum atomic E-state index is 11.0. The largest absolute Gasteiger partial charge is 0.390 e. The molecule has 0 unspecified atom stereocenters. The van der Waals surface area contributed by atoms with Crippen LogP contribution in [0.5, 0.6) is 0 Å². The quantitative estimate of drug-likeness (QED) is 0.523. The average Bonchev–Trinajstić information content (AvgIpc) is 3.38. The molecule has 0 amide bonds. The zero-order chi connectivity index (χ0) is 21.8. The summed E-state index contributed by atoms with van der Waals surface area (Å²) in [5, 5.41) is 23.7. The SMILES string of the molecule is CC(C)(Cc1nc2ccccc2[nH]1)NC[C@@H](O)[C@H]1CCCN1Cc1cccc(C#N)c1. The van der Waals surface area contributed by atoms with E-state index in [0.717, 1.165) is 54.8 Å². The second-order valence-electron chi connectivity index (χ2n) is 9.20. The summed E-state index contributed by atoms with van der Waals surface area (Å²) in [5.41, 5.74) is 3.64. The highest BCUT2D eigenvalue weighted by Gasteiger charge is 2.32. The molecule has 1 fully saturated rings. The van der Waals surface area contributed by atoms with Gasteiger partial charge < -0.3 is 15.4 Å². The van der Waals surface area contributed by atoms with Gasteiger partial charge in [0.05, 0.1) is 28.8 Å². The lowest BCUT2D eigenvalue weighted by molar-refractivity contribution is 0.0632. The van der Waals surface area contributed by atoms with Gasteiger partial charge in [-0.05, 0) is 63.1 Å². The summed E-state index contributed by atoms with van der Waals surface area (Å²) in [7, 11) is 0. The Morgan fingerprint density at radius 1 is 1.29 bits per heavy atom. The fraction of sp³-hybridized carbons (Fsp3) is 0.440. The Hall–Kier alpha value is -2.72. The molecule has 1 aliphatic rings. The van der Waals surface area contributed by atoms with E-state index in [1.807, 2.05) is 42.5 Å².